The van der Waals surface area contributed by atoms with E-state index in [2.05, 4.69) is 16.8 Å². The summed E-state index contributed by atoms with van der Waals surface area (Å²) >= 11 is 1.67. The Morgan fingerprint density at radius 3 is 2.79 bits per heavy atom. The quantitative estimate of drug-likeness (QED) is 0.880. The van der Waals surface area contributed by atoms with Crippen molar-refractivity contribution in [2.24, 2.45) is 0 Å². The van der Waals surface area contributed by atoms with Gasteiger partial charge in [0.25, 0.3) is 5.91 Å². The molecule has 100 valence electrons. The minimum Gasteiger partial charge on any atom is -0.481 e. The lowest BCUT2D eigenvalue weighted by Gasteiger charge is -2.14. The molecule has 0 saturated heterocycles. The Bertz CT molecular complexity index is 496. The summed E-state index contributed by atoms with van der Waals surface area (Å²) in [5.74, 6) is 0.627. The summed E-state index contributed by atoms with van der Waals surface area (Å²) in [5, 5.41) is 7.01. The van der Waals surface area contributed by atoms with Crippen molar-refractivity contribution in [2.45, 2.75) is 19.4 Å². The third-order valence-electron chi connectivity index (χ3n) is 2.72. The van der Waals surface area contributed by atoms with Gasteiger partial charge in [0, 0.05) is 6.54 Å². The molecule has 0 saturated carbocycles. The average molecular weight is 275 g/mol. The zero-order valence-corrected chi connectivity index (χ0v) is 11.7. The fourth-order valence-electron chi connectivity index (χ4n) is 1.67. The molecule has 0 radical (unpaired) electrons. The molecule has 1 N–H and O–H groups in total. The van der Waals surface area contributed by atoms with Gasteiger partial charge in [-0.1, -0.05) is 18.2 Å². The molecule has 0 aliphatic heterocycles. The zero-order valence-electron chi connectivity index (χ0n) is 10.8. The number of amides is 1. The predicted octanol–water partition coefficient (Wildman–Crippen LogP) is 2.87. The van der Waals surface area contributed by atoms with Crippen molar-refractivity contribution >= 4 is 17.2 Å². The van der Waals surface area contributed by atoms with Gasteiger partial charge in [-0.3, -0.25) is 4.79 Å². The normalized spacial score (nSPS) is 11.8. The number of hydrogen-bond acceptors (Lipinski definition) is 3. The Labute approximate surface area is 117 Å². The van der Waals surface area contributed by atoms with E-state index in [0.717, 1.165) is 6.42 Å². The largest absolute Gasteiger partial charge is 0.481 e. The van der Waals surface area contributed by atoms with E-state index >= 15 is 0 Å². The van der Waals surface area contributed by atoms with Crippen molar-refractivity contribution < 1.29 is 9.53 Å². The van der Waals surface area contributed by atoms with Crippen LogP contribution >= 0.6 is 11.3 Å². The zero-order chi connectivity index (χ0) is 13.5. The van der Waals surface area contributed by atoms with E-state index in [1.165, 1.54) is 5.56 Å². The fourth-order valence-corrected chi connectivity index (χ4v) is 2.37. The Balaban J connectivity index is 1.73. The first kappa shape index (κ1) is 13.6. The first-order valence-corrected chi connectivity index (χ1v) is 7.20. The van der Waals surface area contributed by atoms with E-state index in [-0.39, 0.29) is 5.91 Å². The Kier molecular flexibility index (Phi) is 4.98. The second-order valence-electron chi connectivity index (χ2n) is 4.25. The first-order valence-electron chi connectivity index (χ1n) is 6.26. The average Bonchev–Trinajstić information content (AvgIpc) is 2.93. The molecule has 2 aromatic rings. The molecular weight excluding hydrogens is 258 g/mol. The Morgan fingerprint density at radius 2 is 2.11 bits per heavy atom. The van der Waals surface area contributed by atoms with Gasteiger partial charge in [-0.25, -0.2) is 0 Å². The van der Waals surface area contributed by atoms with Crippen LogP contribution in [0.15, 0.2) is 47.2 Å². The summed E-state index contributed by atoms with van der Waals surface area (Å²) in [6.45, 7) is 2.39. The molecule has 19 heavy (non-hydrogen) atoms. The van der Waals surface area contributed by atoms with E-state index in [1.807, 2.05) is 35.7 Å². The lowest BCUT2D eigenvalue weighted by molar-refractivity contribution is -0.127. The van der Waals surface area contributed by atoms with Crippen LogP contribution < -0.4 is 10.1 Å². The number of rotatable bonds is 6. The van der Waals surface area contributed by atoms with Crippen molar-refractivity contribution in [3.8, 4) is 5.75 Å². The molecule has 0 fully saturated rings. The van der Waals surface area contributed by atoms with Gasteiger partial charge in [-0.15, -0.1) is 0 Å². The van der Waals surface area contributed by atoms with Gasteiger partial charge >= 0.3 is 0 Å². The molecule has 4 heteroatoms. The second-order valence-corrected chi connectivity index (χ2v) is 5.03. The Morgan fingerprint density at radius 1 is 1.32 bits per heavy atom. The van der Waals surface area contributed by atoms with E-state index in [9.17, 15) is 4.79 Å². The summed E-state index contributed by atoms with van der Waals surface area (Å²) in [6.07, 6.45) is 0.373. The number of ether oxygens (including phenoxy) is 1. The number of carbonyl (C=O) groups is 1. The summed E-state index contributed by atoms with van der Waals surface area (Å²) in [6, 6.07) is 11.4. The van der Waals surface area contributed by atoms with Gasteiger partial charge in [0.2, 0.25) is 0 Å². The minimum absolute atomic E-state index is 0.0842. The molecule has 1 aromatic heterocycles. The highest BCUT2D eigenvalue weighted by Crippen LogP contribution is 2.10. The van der Waals surface area contributed by atoms with Crippen molar-refractivity contribution in [1.82, 2.24) is 5.32 Å². The number of benzene rings is 1. The maximum atomic E-state index is 11.8. The molecule has 0 aliphatic carbocycles. The van der Waals surface area contributed by atoms with Crippen LogP contribution in [0.25, 0.3) is 0 Å². The van der Waals surface area contributed by atoms with Crippen LogP contribution in [0.1, 0.15) is 12.5 Å². The van der Waals surface area contributed by atoms with Crippen LogP contribution in [0.3, 0.4) is 0 Å². The summed E-state index contributed by atoms with van der Waals surface area (Å²) in [7, 11) is 0. The van der Waals surface area contributed by atoms with Crippen molar-refractivity contribution in [1.29, 1.82) is 0 Å². The topological polar surface area (TPSA) is 38.3 Å². The van der Waals surface area contributed by atoms with Gasteiger partial charge in [-0.2, -0.15) is 11.3 Å². The highest BCUT2D eigenvalue weighted by atomic mass is 32.1. The second kappa shape index (κ2) is 6.95. The molecular formula is C15H17NO2S. The summed E-state index contributed by atoms with van der Waals surface area (Å²) in [5.41, 5.74) is 1.25. The molecule has 1 amide bonds. The molecule has 3 nitrogen and oxygen atoms in total. The molecule has 1 aromatic carbocycles. The lowest BCUT2D eigenvalue weighted by atomic mass is 10.2. The van der Waals surface area contributed by atoms with Gasteiger partial charge in [0.15, 0.2) is 6.10 Å². The SMILES string of the molecule is C[C@H](Oc1ccccc1)C(=O)NCCc1ccsc1. The maximum Gasteiger partial charge on any atom is 0.260 e. The van der Waals surface area contributed by atoms with Crippen LogP contribution in [-0.4, -0.2) is 18.6 Å². The predicted molar refractivity (Wildman–Crippen MR) is 77.6 cm³/mol. The monoisotopic (exact) mass is 275 g/mol. The van der Waals surface area contributed by atoms with Crippen LogP contribution in [0.2, 0.25) is 0 Å². The fraction of sp³-hybridized carbons (Fsp3) is 0.267. The van der Waals surface area contributed by atoms with Gasteiger partial charge in [0.05, 0.1) is 0 Å². The summed E-state index contributed by atoms with van der Waals surface area (Å²) in [4.78, 5) is 11.8. The van der Waals surface area contributed by atoms with Gasteiger partial charge in [-0.05, 0) is 47.9 Å². The highest BCUT2D eigenvalue weighted by molar-refractivity contribution is 7.07. The molecule has 1 atom stereocenters. The van der Waals surface area contributed by atoms with Crippen molar-refractivity contribution in [2.75, 3.05) is 6.54 Å². The highest BCUT2D eigenvalue weighted by Gasteiger charge is 2.13. The molecule has 0 aliphatic rings. The maximum absolute atomic E-state index is 11.8. The Hall–Kier alpha value is -1.81. The number of para-hydroxylation sites is 1. The van der Waals surface area contributed by atoms with E-state index < -0.39 is 6.10 Å². The smallest absolute Gasteiger partial charge is 0.260 e. The molecule has 0 unspecified atom stereocenters. The number of nitrogens with one attached hydrogen (secondary N) is 1. The van der Waals surface area contributed by atoms with Gasteiger partial charge in [0.1, 0.15) is 5.75 Å². The molecule has 0 bridgehead atoms. The van der Waals surface area contributed by atoms with E-state index in [0.29, 0.717) is 12.3 Å². The first-order chi connectivity index (χ1) is 9.25. The van der Waals surface area contributed by atoms with Crippen molar-refractivity contribution in [3.05, 3.63) is 52.7 Å². The van der Waals surface area contributed by atoms with Crippen LogP contribution in [0.4, 0.5) is 0 Å². The molecule has 0 spiro atoms. The van der Waals surface area contributed by atoms with Crippen LogP contribution in [0.5, 0.6) is 5.75 Å². The van der Waals surface area contributed by atoms with Gasteiger partial charge < -0.3 is 10.1 Å². The third-order valence-corrected chi connectivity index (χ3v) is 3.45. The summed E-state index contributed by atoms with van der Waals surface area (Å²) < 4.78 is 5.55. The van der Waals surface area contributed by atoms with Crippen LogP contribution in [0, 0.1) is 0 Å². The minimum atomic E-state index is -0.482. The molecule has 2 rings (SSSR count). The molecule has 1 heterocycles. The van der Waals surface area contributed by atoms with E-state index in [1.54, 1.807) is 18.3 Å². The van der Waals surface area contributed by atoms with Crippen molar-refractivity contribution in [3.63, 3.8) is 0 Å². The number of carbonyl (C=O) groups excluding carboxylic acids is 1. The third kappa shape index (κ3) is 4.41. The van der Waals surface area contributed by atoms with E-state index in [4.69, 9.17) is 4.74 Å². The van der Waals surface area contributed by atoms with Crippen LogP contribution in [-0.2, 0) is 11.2 Å². The standard InChI is InChI=1S/C15H17NO2S/c1-12(18-14-5-3-2-4-6-14)15(17)16-9-7-13-8-10-19-11-13/h2-6,8,10-12H,7,9H2,1H3,(H,16,17)/t12-/m0/s1. The lowest BCUT2D eigenvalue weighted by Crippen LogP contribution is -2.37. The number of hydrogen-bond donors (Lipinski definition) is 1. The number of thiophene rings is 1.